The number of ketones is 1. The van der Waals surface area contributed by atoms with E-state index in [1.807, 2.05) is 0 Å². The van der Waals surface area contributed by atoms with E-state index in [4.69, 9.17) is 0 Å². The number of carbonyl (C=O) groups excluding carboxylic acids is 1. The molecule has 42 heavy (non-hydrogen) atoms. The van der Waals surface area contributed by atoms with Gasteiger partial charge in [-0.05, 0) is 61.6 Å². The van der Waals surface area contributed by atoms with Crippen molar-refractivity contribution in [3.8, 4) is 16.3 Å². The summed E-state index contributed by atoms with van der Waals surface area (Å²) in [7, 11) is 3.55. The second kappa shape index (κ2) is 11.1. The first-order chi connectivity index (χ1) is 20.0. The molecule has 0 aliphatic carbocycles. The molecule has 0 amide bonds. The van der Waals surface area contributed by atoms with Crippen LogP contribution in [0, 0.1) is 21.7 Å². The molecule has 0 bridgehead atoms. The predicted molar refractivity (Wildman–Crippen MR) is 152 cm³/mol. The molecule has 11 nitrogen and oxygen atoms in total. The fourth-order valence-corrected chi connectivity index (χ4v) is 5.82. The molecule has 14 heteroatoms. The summed E-state index contributed by atoms with van der Waals surface area (Å²) < 4.78 is 31.4. The highest BCUT2D eigenvalue weighted by Gasteiger charge is 2.26. The van der Waals surface area contributed by atoms with Crippen molar-refractivity contribution in [3.05, 3.63) is 114 Å². The topological polar surface area (TPSA) is 133 Å². The van der Waals surface area contributed by atoms with E-state index in [-0.39, 0.29) is 45.3 Å². The number of fused-ring (bicyclic) bond motifs is 1. The van der Waals surface area contributed by atoms with Gasteiger partial charge < -0.3 is 4.90 Å². The summed E-state index contributed by atoms with van der Waals surface area (Å²) in [5.74, 6) is -2.31. The maximum absolute atomic E-state index is 14.8. The molecular formula is C28H22F2N6O5S. The Labute approximate surface area is 240 Å². The van der Waals surface area contributed by atoms with E-state index in [0.717, 1.165) is 32.6 Å². The highest BCUT2D eigenvalue weighted by Crippen LogP contribution is 2.38. The molecule has 0 saturated heterocycles. The fourth-order valence-electron chi connectivity index (χ4n) is 4.52. The Morgan fingerprint density at radius 1 is 1.00 bits per heavy atom. The molecule has 0 atom stereocenters. The summed E-state index contributed by atoms with van der Waals surface area (Å²) in [6.45, 7) is 0.966. The van der Waals surface area contributed by atoms with Crippen LogP contribution in [0.2, 0.25) is 0 Å². The van der Waals surface area contributed by atoms with Crippen LogP contribution in [0.3, 0.4) is 0 Å². The molecule has 0 spiro atoms. The van der Waals surface area contributed by atoms with Crippen molar-refractivity contribution >= 4 is 33.0 Å². The number of non-ortho nitro benzene ring substituents is 1. The Hall–Kier alpha value is -4.95. The minimum atomic E-state index is -0.923. The summed E-state index contributed by atoms with van der Waals surface area (Å²) in [5, 5.41) is 19.1. The van der Waals surface area contributed by atoms with Crippen LogP contribution in [-0.4, -0.2) is 49.0 Å². The number of nitrogens with zero attached hydrogens (tertiary/aromatic N) is 6. The van der Waals surface area contributed by atoms with E-state index in [0.29, 0.717) is 16.0 Å². The molecule has 0 N–H and O–H groups in total. The molecule has 0 unspecified atom stereocenters. The van der Waals surface area contributed by atoms with Crippen LogP contribution >= 0.6 is 11.3 Å². The van der Waals surface area contributed by atoms with Gasteiger partial charge in [-0.25, -0.2) is 18.1 Å². The van der Waals surface area contributed by atoms with Crippen molar-refractivity contribution in [2.45, 2.75) is 20.0 Å². The Morgan fingerprint density at radius 3 is 2.21 bits per heavy atom. The van der Waals surface area contributed by atoms with E-state index in [1.165, 1.54) is 49.4 Å². The van der Waals surface area contributed by atoms with E-state index in [2.05, 4.69) is 10.2 Å². The first-order valence-electron chi connectivity index (χ1n) is 12.5. The van der Waals surface area contributed by atoms with Gasteiger partial charge in [-0.15, -0.1) is 21.5 Å². The number of rotatable bonds is 8. The number of benzene rings is 2. The van der Waals surface area contributed by atoms with Crippen LogP contribution in [0.1, 0.15) is 28.5 Å². The van der Waals surface area contributed by atoms with Crippen LogP contribution in [0.25, 0.3) is 26.5 Å². The first-order valence-corrected chi connectivity index (χ1v) is 13.3. The van der Waals surface area contributed by atoms with Crippen LogP contribution in [0.4, 0.5) is 14.5 Å². The van der Waals surface area contributed by atoms with Gasteiger partial charge in [-0.1, -0.05) is 6.07 Å². The fraction of sp³-hybridized carbons (Fsp3) is 0.179. The molecule has 0 aliphatic heterocycles. The normalized spacial score (nSPS) is 11.4. The lowest BCUT2D eigenvalue weighted by atomic mass is 10.1. The summed E-state index contributed by atoms with van der Waals surface area (Å²) in [5.41, 5.74) is -1.11. The maximum Gasteiger partial charge on any atom is 0.338 e. The number of Topliss-reactive ketones (excluding diaryl/α,β-unsaturated/α-hetero) is 1. The molecule has 0 radical (unpaired) electrons. The van der Waals surface area contributed by atoms with E-state index in [9.17, 15) is 33.3 Å². The zero-order valence-corrected chi connectivity index (χ0v) is 23.3. The van der Waals surface area contributed by atoms with Gasteiger partial charge in [0.15, 0.2) is 11.6 Å². The van der Waals surface area contributed by atoms with Crippen LogP contribution in [0.15, 0.2) is 64.2 Å². The van der Waals surface area contributed by atoms with Crippen molar-refractivity contribution < 1.29 is 18.5 Å². The van der Waals surface area contributed by atoms with Gasteiger partial charge in [-0.3, -0.25) is 24.3 Å². The Balaban J connectivity index is 1.87. The van der Waals surface area contributed by atoms with Crippen molar-refractivity contribution in [3.63, 3.8) is 0 Å². The lowest BCUT2D eigenvalue weighted by molar-refractivity contribution is -0.384. The zero-order chi connectivity index (χ0) is 30.3. The summed E-state index contributed by atoms with van der Waals surface area (Å²) in [6.07, 6.45) is 0. The molecule has 214 valence electrons. The molecule has 5 rings (SSSR count). The molecular weight excluding hydrogens is 570 g/mol. The first kappa shape index (κ1) is 28.6. The second-order valence-electron chi connectivity index (χ2n) is 9.67. The number of thiophene rings is 1. The maximum atomic E-state index is 14.8. The van der Waals surface area contributed by atoms with Gasteiger partial charge in [0, 0.05) is 36.0 Å². The monoisotopic (exact) mass is 592 g/mol. The number of hydrogen-bond acceptors (Lipinski definition) is 9. The average molecular weight is 593 g/mol. The van der Waals surface area contributed by atoms with Gasteiger partial charge in [0.25, 0.3) is 11.2 Å². The third-order valence-electron chi connectivity index (χ3n) is 6.51. The Kier molecular flexibility index (Phi) is 7.58. The van der Waals surface area contributed by atoms with E-state index in [1.54, 1.807) is 19.0 Å². The molecule has 0 aliphatic rings. The largest absolute Gasteiger partial charge is 0.338 e. The van der Waals surface area contributed by atoms with Crippen LogP contribution in [-0.2, 0) is 13.1 Å². The molecule has 0 saturated carbocycles. The molecule has 3 heterocycles. The molecule has 3 aromatic heterocycles. The van der Waals surface area contributed by atoms with Gasteiger partial charge in [0.1, 0.15) is 22.2 Å². The number of halogens is 2. The molecule has 2 aromatic carbocycles. The SMILES string of the molecule is CC(=O)c1ccc(-n2c(=O)c3c(CN(C)C)c(-c4ccc([N+](=O)[O-])cc4)sc3n(Cc3c(F)cccc3F)c2=O)nn1. The van der Waals surface area contributed by atoms with Gasteiger partial charge in [0.2, 0.25) is 0 Å². The Bertz CT molecular complexity index is 1960. The van der Waals surface area contributed by atoms with Gasteiger partial charge in [-0.2, -0.15) is 0 Å². The number of aromatic nitrogens is 4. The molecule has 0 fully saturated rings. The quantitative estimate of drug-likeness (QED) is 0.149. The number of carbonyl (C=O) groups is 1. The van der Waals surface area contributed by atoms with E-state index >= 15 is 0 Å². The lowest BCUT2D eigenvalue weighted by Crippen LogP contribution is -2.40. The number of hydrogen-bond donors (Lipinski definition) is 0. The van der Waals surface area contributed by atoms with Crippen molar-refractivity contribution in [2.24, 2.45) is 0 Å². The highest BCUT2D eigenvalue weighted by atomic mass is 32.1. The minimum absolute atomic E-state index is 0.0194. The third-order valence-corrected chi connectivity index (χ3v) is 7.81. The summed E-state index contributed by atoms with van der Waals surface area (Å²) in [4.78, 5) is 52.9. The van der Waals surface area contributed by atoms with Crippen LogP contribution in [0.5, 0.6) is 0 Å². The van der Waals surface area contributed by atoms with Gasteiger partial charge >= 0.3 is 5.69 Å². The minimum Gasteiger partial charge on any atom is -0.305 e. The third kappa shape index (κ3) is 5.12. The Morgan fingerprint density at radius 2 is 1.67 bits per heavy atom. The van der Waals surface area contributed by atoms with Crippen LogP contribution < -0.4 is 11.2 Å². The smallest absolute Gasteiger partial charge is 0.305 e. The average Bonchev–Trinajstić information content (AvgIpc) is 3.31. The molecule has 5 aromatic rings. The van der Waals surface area contributed by atoms with Crippen molar-refractivity contribution in [1.82, 2.24) is 24.2 Å². The number of nitro benzene ring substituents is 1. The summed E-state index contributed by atoms with van der Waals surface area (Å²) >= 11 is 1.06. The number of nitro groups is 1. The van der Waals surface area contributed by atoms with E-state index < -0.39 is 34.4 Å². The standard InChI is InChI=1S/C28H22F2N6O5S/c1-15(37)22-11-12-23(32-31-22)35-26(38)24-19(13-33(2)3)25(16-7-9-17(10-8-16)36(40)41)42-27(24)34(28(35)39)14-18-20(29)5-4-6-21(18)30/h4-12H,13-14H2,1-3H3. The highest BCUT2D eigenvalue weighted by molar-refractivity contribution is 7.22. The van der Waals surface area contributed by atoms with Gasteiger partial charge in [0.05, 0.1) is 16.9 Å². The van der Waals surface area contributed by atoms with Crippen molar-refractivity contribution in [1.29, 1.82) is 0 Å². The zero-order valence-electron chi connectivity index (χ0n) is 22.5. The predicted octanol–water partition coefficient (Wildman–Crippen LogP) is 4.17. The second-order valence-corrected chi connectivity index (χ2v) is 10.7. The summed E-state index contributed by atoms with van der Waals surface area (Å²) in [6, 6.07) is 11.7. The lowest BCUT2D eigenvalue weighted by Gasteiger charge is -2.14. The van der Waals surface area contributed by atoms with Crippen molar-refractivity contribution in [2.75, 3.05) is 14.1 Å².